The van der Waals surface area contributed by atoms with Crippen LogP contribution in [0.25, 0.3) is 0 Å². The smallest absolute Gasteiger partial charge is 0.274 e. The topological polar surface area (TPSA) is 55.3 Å². The first-order chi connectivity index (χ1) is 13.3. The maximum atomic E-state index is 13.1. The number of fused-ring (bicyclic) bond motifs is 1. The molecule has 2 saturated carbocycles. The molecule has 27 heavy (non-hydrogen) atoms. The van der Waals surface area contributed by atoms with Crippen LogP contribution in [0, 0.1) is 11.8 Å². The third kappa shape index (κ3) is 3.31. The van der Waals surface area contributed by atoms with Gasteiger partial charge in [-0.05, 0) is 43.1 Å². The van der Waals surface area contributed by atoms with Crippen molar-refractivity contribution in [3.63, 3.8) is 0 Å². The SMILES string of the molecule is O=C(c1cnc(OCC2CC2)cn1)N1CC(c2ccccc2)C2CCCC21. The number of amides is 1. The van der Waals surface area contributed by atoms with Crippen molar-refractivity contribution in [1.82, 2.24) is 14.9 Å². The lowest BCUT2D eigenvalue weighted by atomic mass is 9.87. The fourth-order valence-electron chi connectivity index (χ4n) is 4.73. The summed E-state index contributed by atoms with van der Waals surface area (Å²) in [6.07, 6.45) is 9.14. The molecule has 0 N–H and O–H groups in total. The molecule has 1 aliphatic heterocycles. The summed E-state index contributed by atoms with van der Waals surface area (Å²) in [5.41, 5.74) is 1.77. The van der Waals surface area contributed by atoms with E-state index in [9.17, 15) is 4.79 Å². The molecule has 0 radical (unpaired) electrons. The Morgan fingerprint density at radius 2 is 1.93 bits per heavy atom. The molecule has 1 amide bonds. The van der Waals surface area contributed by atoms with E-state index in [1.807, 2.05) is 4.90 Å². The third-order valence-corrected chi connectivity index (χ3v) is 6.34. The van der Waals surface area contributed by atoms with Crippen LogP contribution in [0.3, 0.4) is 0 Å². The van der Waals surface area contributed by atoms with E-state index in [1.165, 1.54) is 31.2 Å². The van der Waals surface area contributed by atoms with Gasteiger partial charge in [-0.25, -0.2) is 9.97 Å². The Balaban J connectivity index is 1.32. The molecule has 3 unspecified atom stereocenters. The van der Waals surface area contributed by atoms with Gasteiger partial charge in [-0.15, -0.1) is 0 Å². The number of carbonyl (C=O) groups excluding carboxylic acids is 1. The molecule has 140 valence electrons. The van der Waals surface area contributed by atoms with E-state index in [4.69, 9.17) is 4.74 Å². The summed E-state index contributed by atoms with van der Waals surface area (Å²) >= 11 is 0. The Labute approximate surface area is 159 Å². The quantitative estimate of drug-likeness (QED) is 0.813. The van der Waals surface area contributed by atoms with Crippen molar-refractivity contribution < 1.29 is 9.53 Å². The van der Waals surface area contributed by atoms with Gasteiger partial charge in [-0.1, -0.05) is 36.8 Å². The Hall–Kier alpha value is -2.43. The number of carbonyl (C=O) groups is 1. The van der Waals surface area contributed by atoms with E-state index >= 15 is 0 Å². The minimum atomic E-state index is 0.00609. The van der Waals surface area contributed by atoms with Crippen LogP contribution in [0.4, 0.5) is 0 Å². The van der Waals surface area contributed by atoms with E-state index in [0.29, 0.717) is 42.0 Å². The van der Waals surface area contributed by atoms with Crippen LogP contribution in [0.1, 0.15) is 54.1 Å². The lowest BCUT2D eigenvalue weighted by molar-refractivity contribution is 0.0721. The summed E-state index contributed by atoms with van der Waals surface area (Å²) in [7, 11) is 0. The van der Waals surface area contributed by atoms with Gasteiger partial charge in [0.15, 0.2) is 0 Å². The lowest BCUT2D eigenvalue weighted by Crippen LogP contribution is -2.36. The van der Waals surface area contributed by atoms with Crippen LogP contribution >= 0.6 is 0 Å². The van der Waals surface area contributed by atoms with Crippen LogP contribution in [0.5, 0.6) is 5.88 Å². The summed E-state index contributed by atoms with van der Waals surface area (Å²) in [5.74, 6) is 2.18. The van der Waals surface area contributed by atoms with Crippen molar-refractivity contribution in [2.24, 2.45) is 11.8 Å². The number of benzene rings is 1. The Morgan fingerprint density at radius 1 is 1.07 bits per heavy atom. The summed E-state index contributed by atoms with van der Waals surface area (Å²) in [6.45, 7) is 1.48. The van der Waals surface area contributed by atoms with Gasteiger partial charge < -0.3 is 9.64 Å². The molecule has 2 aromatic rings. The minimum absolute atomic E-state index is 0.00609. The van der Waals surface area contributed by atoms with Crippen LogP contribution in [0.2, 0.25) is 0 Å². The van der Waals surface area contributed by atoms with Crippen LogP contribution < -0.4 is 4.74 Å². The molecular formula is C22H25N3O2. The van der Waals surface area contributed by atoms with E-state index in [-0.39, 0.29) is 5.91 Å². The van der Waals surface area contributed by atoms with Gasteiger partial charge in [0.2, 0.25) is 5.88 Å². The second kappa shape index (κ2) is 6.95. The second-order valence-electron chi connectivity index (χ2n) is 8.13. The van der Waals surface area contributed by atoms with E-state index in [2.05, 4.69) is 40.3 Å². The van der Waals surface area contributed by atoms with Gasteiger partial charge in [-0.2, -0.15) is 0 Å². The van der Waals surface area contributed by atoms with Crippen LogP contribution in [0.15, 0.2) is 42.7 Å². The molecule has 1 aromatic carbocycles. The zero-order valence-corrected chi connectivity index (χ0v) is 15.5. The second-order valence-corrected chi connectivity index (χ2v) is 8.13. The standard InChI is InChI=1S/C22H25N3O2/c26-22(19-11-24-21(12-23-19)27-14-15-9-10-15)25-13-18(16-5-2-1-3-6-16)17-7-4-8-20(17)25/h1-3,5-6,11-12,15,17-18,20H,4,7-10,13-14H2. The highest BCUT2D eigenvalue weighted by Crippen LogP contribution is 2.46. The molecule has 0 bridgehead atoms. The van der Waals surface area contributed by atoms with Gasteiger partial charge in [0.1, 0.15) is 5.69 Å². The lowest BCUT2D eigenvalue weighted by Gasteiger charge is -2.23. The average Bonchev–Trinajstić information content (AvgIpc) is 3.30. The van der Waals surface area contributed by atoms with Crippen molar-refractivity contribution in [1.29, 1.82) is 0 Å². The zero-order valence-electron chi connectivity index (χ0n) is 15.5. The average molecular weight is 363 g/mol. The number of hydrogen-bond acceptors (Lipinski definition) is 4. The van der Waals surface area contributed by atoms with E-state index < -0.39 is 0 Å². The maximum Gasteiger partial charge on any atom is 0.274 e. The maximum absolute atomic E-state index is 13.1. The number of nitrogens with zero attached hydrogens (tertiary/aromatic N) is 3. The normalized spacial score (nSPS) is 26.8. The molecule has 3 aliphatic rings. The minimum Gasteiger partial charge on any atom is -0.476 e. The van der Waals surface area contributed by atoms with Gasteiger partial charge in [-0.3, -0.25) is 4.79 Å². The summed E-state index contributed by atoms with van der Waals surface area (Å²) in [6, 6.07) is 11.0. The van der Waals surface area contributed by atoms with Crippen molar-refractivity contribution in [3.8, 4) is 5.88 Å². The first kappa shape index (κ1) is 16.7. The van der Waals surface area contributed by atoms with Crippen LogP contribution in [-0.2, 0) is 0 Å². The molecule has 5 heteroatoms. The highest BCUT2D eigenvalue weighted by atomic mass is 16.5. The molecule has 0 spiro atoms. The van der Waals surface area contributed by atoms with E-state index in [0.717, 1.165) is 13.0 Å². The predicted molar refractivity (Wildman–Crippen MR) is 102 cm³/mol. The van der Waals surface area contributed by atoms with E-state index in [1.54, 1.807) is 12.4 Å². The Morgan fingerprint density at radius 3 is 2.67 bits per heavy atom. The fourth-order valence-corrected chi connectivity index (χ4v) is 4.73. The highest BCUT2D eigenvalue weighted by molar-refractivity contribution is 5.92. The van der Waals surface area contributed by atoms with Crippen molar-refractivity contribution >= 4 is 5.91 Å². The van der Waals surface area contributed by atoms with Gasteiger partial charge in [0.05, 0.1) is 19.0 Å². The van der Waals surface area contributed by atoms with Crippen molar-refractivity contribution in [2.75, 3.05) is 13.2 Å². The molecule has 2 heterocycles. The zero-order chi connectivity index (χ0) is 18.2. The number of ether oxygens (including phenoxy) is 1. The predicted octanol–water partition coefficient (Wildman–Crippen LogP) is 3.67. The molecule has 2 aliphatic carbocycles. The third-order valence-electron chi connectivity index (χ3n) is 6.34. The number of likely N-dealkylation sites (tertiary alicyclic amines) is 1. The molecule has 5 rings (SSSR count). The molecule has 3 fully saturated rings. The van der Waals surface area contributed by atoms with Crippen molar-refractivity contribution in [3.05, 3.63) is 54.0 Å². The van der Waals surface area contributed by atoms with Crippen LogP contribution in [-0.4, -0.2) is 40.0 Å². The first-order valence-corrected chi connectivity index (χ1v) is 10.1. The highest BCUT2D eigenvalue weighted by Gasteiger charge is 2.47. The summed E-state index contributed by atoms with van der Waals surface area (Å²) in [4.78, 5) is 23.8. The van der Waals surface area contributed by atoms with Gasteiger partial charge in [0.25, 0.3) is 5.91 Å². The molecule has 3 atom stereocenters. The largest absolute Gasteiger partial charge is 0.476 e. The molecule has 5 nitrogen and oxygen atoms in total. The van der Waals surface area contributed by atoms with Gasteiger partial charge >= 0.3 is 0 Å². The summed E-state index contributed by atoms with van der Waals surface area (Å²) < 4.78 is 5.64. The monoisotopic (exact) mass is 363 g/mol. The van der Waals surface area contributed by atoms with Crippen molar-refractivity contribution in [2.45, 2.75) is 44.1 Å². The first-order valence-electron chi connectivity index (χ1n) is 10.1. The molecule has 1 saturated heterocycles. The molecule has 1 aromatic heterocycles. The Bertz CT molecular complexity index is 804. The fraction of sp³-hybridized carbons (Fsp3) is 0.500. The number of hydrogen-bond donors (Lipinski definition) is 0. The number of aromatic nitrogens is 2. The molecular weight excluding hydrogens is 338 g/mol. The van der Waals surface area contributed by atoms with Gasteiger partial charge in [0, 0.05) is 18.5 Å². The Kier molecular flexibility index (Phi) is 4.30. The number of rotatable bonds is 5. The summed E-state index contributed by atoms with van der Waals surface area (Å²) in [5, 5.41) is 0.